The quantitative estimate of drug-likeness (QED) is 0.672. The summed E-state index contributed by atoms with van der Waals surface area (Å²) >= 11 is 0. The van der Waals surface area contributed by atoms with Crippen LogP contribution in [-0.2, 0) is 4.79 Å². The summed E-state index contributed by atoms with van der Waals surface area (Å²) in [5, 5.41) is 10.0. The number of furan rings is 1. The summed E-state index contributed by atoms with van der Waals surface area (Å²) in [6.45, 7) is 1.92. The van der Waals surface area contributed by atoms with Crippen molar-refractivity contribution in [2.75, 3.05) is 0 Å². The van der Waals surface area contributed by atoms with Crippen LogP contribution >= 0.6 is 0 Å². The Morgan fingerprint density at radius 2 is 1.71 bits per heavy atom. The minimum Gasteiger partial charge on any atom is -0.481 e. The molecule has 1 atom stereocenters. The molecule has 2 aromatic carbocycles. The molecule has 0 aliphatic heterocycles. The van der Waals surface area contributed by atoms with E-state index in [1.807, 2.05) is 31.2 Å². The zero-order chi connectivity index (χ0) is 17.1. The Bertz CT molecular complexity index is 877. The summed E-state index contributed by atoms with van der Waals surface area (Å²) in [5.74, 6) is -1.12. The van der Waals surface area contributed by atoms with Gasteiger partial charge >= 0.3 is 5.97 Å². The Labute approximate surface area is 139 Å². The molecular formula is C20H18O4. The fraction of sp³-hybridized carbons (Fsp3) is 0.200. The second-order valence-electron chi connectivity index (χ2n) is 5.74. The van der Waals surface area contributed by atoms with Gasteiger partial charge in [-0.25, -0.2) is 0 Å². The van der Waals surface area contributed by atoms with E-state index >= 15 is 0 Å². The van der Waals surface area contributed by atoms with E-state index in [2.05, 4.69) is 0 Å². The highest BCUT2D eigenvalue weighted by atomic mass is 16.4. The third-order valence-corrected chi connectivity index (χ3v) is 4.20. The van der Waals surface area contributed by atoms with Crippen molar-refractivity contribution in [1.82, 2.24) is 0 Å². The molecule has 0 spiro atoms. The van der Waals surface area contributed by atoms with Crippen LogP contribution in [0.5, 0.6) is 0 Å². The van der Waals surface area contributed by atoms with Crippen LogP contribution in [0.1, 0.15) is 47.4 Å². The summed E-state index contributed by atoms with van der Waals surface area (Å²) < 4.78 is 5.84. The van der Waals surface area contributed by atoms with Gasteiger partial charge in [-0.05, 0) is 18.4 Å². The molecule has 0 bridgehead atoms. The van der Waals surface area contributed by atoms with Gasteiger partial charge in [0.05, 0.1) is 6.42 Å². The van der Waals surface area contributed by atoms with Gasteiger partial charge in [-0.1, -0.05) is 55.5 Å². The minimum atomic E-state index is -0.884. The molecule has 0 aliphatic carbocycles. The molecule has 1 N–H and O–H groups in total. The third-order valence-electron chi connectivity index (χ3n) is 4.20. The number of benzene rings is 2. The van der Waals surface area contributed by atoms with E-state index in [1.54, 1.807) is 30.3 Å². The number of para-hydroxylation sites is 1. The number of hydrogen-bond donors (Lipinski definition) is 1. The van der Waals surface area contributed by atoms with Gasteiger partial charge in [-0.15, -0.1) is 0 Å². The molecule has 3 aromatic rings. The van der Waals surface area contributed by atoms with Crippen molar-refractivity contribution in [2.24, 2.45) is 0 Å². The highest BCUT2D eigenvalue weighted by molar-refractivity contribution is 6.10. The topological polar surface area (TPSA) is 67.5 Å². The van der Waals surface area contributed by atoms with Crippen LogP contribution in [0.15, 0.2) is 59.0 Å². The molecule has 1 unspecified atom stereocenters. The molecular weight excluding hydrogens is 304 g/mol. The number of fused-ring (bicyclic) bond motifs is 1. The Hall–Kier alpha value is -2.88. The first-order valence-corrected chi connectivity index (χ1v) is 7.94. The lowest BCUT2D eigenvalue weighted by molar-refractivity contribution is -0.137. The van der Waals surface area contributed by atoms with E-state index in [9.17, 15) is 14.7 Å². The van der Waals surface area contributed by atoms with Crippen molar-refractivity contribution in [3.8, 4) is 0 Å². The van der Waals surface area contributed by atoms with E-state index in [1.165, 1.54) is 0 Å². The van der Waals surface area contributed by atoms with Crippen molar-refractivity contribution in [1.29, 1.82) is 0 Å². The van der Waals surface area contributed by atoms with Crippen LogP contribution in [0.4, 0.5) is 0 Å². The summed E-state index contributed by atoms with van der Waals surface area (Å²) in [4.78, 5) is 24.1. The highest BCUT2D eigenvalue weighted by Gasteiger charge is 2.27. The summed E-state index contributed by atoms with van der Waals surface area (Å²) in [5.41, 5.74) is 1.84. The monoisotopic (exact) mass is 322 g/mol. The van der Waals surface area contributed by atoms with Crippen LogP contribution in [-0.4, -0.2) is 16.9 Å². The summed E-state index contributed by atoms with van der Waals surface area (Å²) in [7, 11) is 0. The lowest BCUT2D eigenvalue weighted by Crippen LogP contribution is -2.10. The molecule has 0 saturated heterocycles. The zero-order valence-electron chi connectivity index (χ0n) is 13.4. The molecule has 1 aromatic heterocycles. The molecule has 4 heteroatoms. The molecule has 0 saturated carbocycles. The fourth-order valence-electron chi connectivity index (χ4n) is 3.02. The number of aliphatic carboxylic acids is 1. The van der Waals surface area contributed by atoms with Crippen molar-refractivity contribution >= 4 is 22.7 Å². The van der Waals surface area contributed by atoms with E-state index in [4.69, 9.17) is 4.42 Å². The van der Waals surface area contributed by atoms with E-state index in [0.717, 1.165) is 5.39 Å². The third kappa shape index (κ3) is 2.95. The molecule has 0 fully saturated rings. The standard InChI is InChI=1S/C20H18O4/c1-2-13(12-17(21)22)18-15-10-6-7-11-16(15)24-20(18)19(23)14-8-4-3-5-9-14/h3-11,13H,2,12H2,1H3,(H,21,22). The van der Waals surface area contributed by atoms with Crippen molar-refractivity contribution in [2.45, 2.75) is 25.7 Å². The molecule has 4 nitrogen and oxygen atoms in total. The summed E-state index contributed by atoms with van der Waals surface area (Å²) in [6.07, 6.45) is 0.583. The number of carboxylic acids is 1. The first kappa shape index (κ1) is 16.0. The molecule has 24 heavy (non-hydrogen) atoms. The van der Waals surface area contributed by atoms with E-state index in [-0.39, 0.29) is 23.9 Å². The van der Waals surface area contributed by atoms with Crippen molar-refractivity contribution in [3.05, 3.63) is 71.5 Å². The molecule has 0 amide bonds. The predicted octanol–water partition coefficient (Wildman–Crippen LogP) is 4.63. The molecule has 122 valence electrons. The molecule has 1 heterocycles. The maximum absolute atomic E-state index is 12.9. The van der Waals surface area contributed by atoms with Gasteiger partial charge in [0.25, 0.3) is 0 Å². The average molecular weight is 322 g/mol. The van der Waals surface area contributed by atoms with Crippen LogP contribution in [0.2, 0.25) is 0 Å². The van der Waals surface area contributed by atoms with Gasteiger partial charge in [0.2, 0.25) is 5.78 Å². The Morgan fingerprint density at radius 3 is 2.38 bits per heavy atom. The van der Waals surface area contributed by atoms with E-state index in [0.29, 0.717) is 23.1 Å². The van der Waals surface area contributed by atoms with Gasteiger partial charge in [-0.2, -0.15) is 0 Å². The first-order chi connectivity index (χ1) is 11.6. The lowest BCUT2D eigenvalue weighted by Gasteiger charge is -2.13. The second-order valence-corrected chi connectivity index (χ2v) is 5.74. The summed E-state index contributed by atoms with van der Waals surface area (Å²) in [6, 6.07) is 16.3. The number of ketones is 1. The maximum atomic E-state index is 12.9. The zero-order valence-corrected chi connectivity index (χ0v) is 13.4. The molecule has 0 aliphatic rings. The lowest BCUT2D eigenvalue weighted by atomic mass is 9.89. The van der Waals surface area contributed by atoms with Gasteiger partial charge in [0, 0.05) is 16.5 Å². The van der Waals surface area contributed by atoms with Gasteiger partial charge in [0.1, 0.15) is 5.58 Å². The maximum Gasteiger partial charge on any atom is 0.303 e. The average Bonchev–Trinajstić information content (AvgIpc) is 2.99. The van der Waals surface area contributed by atoms with Gasteiger partial charge in [0.15, 0.2) is 5.76 Å². The largest absolute Gasteiger partial charge is 0.481 e. The number of carboxylic acid groups (broad SMARTS) is 1. The smallest absolute Gasteiger partial charge is 0.303 e. The minimum absolute atomic E-state index is 0.0326. The highest BCUT2D eigenvalue weighted by Crippen LogP contribution is 2.36. The number of carbonyl (C=O) groups is 2. The Balaban J connectivity index is 2.18. The predicted molar refractivity (Wildman–Crippen MR) is 91.4 cm³/mol. The Kier molecular flexibility index (Phi) is 4.47. The van der Waals surface area contributed by atoms with Crippen molar-refractivity contribution in [3.63, 3.8) is 0 Å². The normalized spacial score (nSPS) is 12.2. The van der Waals surface area contributed by atoms with Crippen LogP contribution < -0.4 is 0 Å². The van der Waals surface area contributed by atoms with E-state index < -0.39 is 5.97 Å². The van der Waals surface area contributed by atoms with Gasteiger partial charge < -0.3 is 9.52 Å². The number of carbonyl (C=O) groups excluding carboxylic acids is 1. The fourth-order valence-corrected chi connectivity index (χ4v) is 3.02. The first-order valence-electron chi connectivity index (χ1n) is 7.94. The SMILES string of the molecule is CCC(CC(=O)O)c1c(C(=O)c2ccccc2)oc2ccccc12. The van der Waals surface area contributed by atoms with Crippen LogP contribution in [0.25, 0.3) is 11.0 Å². The van der Waals surface area contributed by atoms with Gasteiger partial charge in [-0.3, -0.25) is 9.59 Å². The molecule has 3 rings (SSSR count). The van der Waals surface area contributed by atoms with Crippen LogP contribution in [0, 0.1) is 0 Å². The number of rotatable bonds is 6. The number of hydrogen-bond acceptors (Lipinski definition) is 3. The second kappa shape index (κ2) is 6.71. The van der Waals surface area contributed by atoms with Crippen molar-refractivity contribution < 1.29 is 19.1 Å². The Morgan fingerprint density at radius 1 is 1.04 bits per heavy atom. The molecule has 0 radical (unpaired) electrons. The van der Waals surface area contributed by atoms with Crippen LogP contribution in [0.3, 0.4) is 0 Å².